The number of aliphatic hydroxyl groups is 1. The summed E-state index contributed by atoms with van der Waals surface area (Å²) in [5.74, 6) is -0.213. The maximum atomic E-state index is 12.9. The summed E-state index contributed by atoms with van der Waals surface area (Å²) in [4.78, 5) is 25.3. The number of quaternary nitrogens is 1. The first kappa shape index (κ1) is 59.5. The van der Waals surface area contributed by atoms with Gasteiger partial charge in [-0.15, -0.1) is 0 Å². The summed E-state index contributed by atoms with van der Waals surface area (Å²) in [5, 5.41) is 13.7. The molecule has 9 heteroatoms. The topological polar surface area (TPSA) is 108 Å². The summed E-state index contributed by atoms with van der Waals surface area (Å²) in [6.45, 7) is 4.50. The zero-order chi connectivity index (χ0) is 45.0. The average Bonchev–Trinajstić information content (AvgIpc) is 3.21. The lowest BCUT2D eigenvalue weighted by molar-refractivity contribution is -0.870. The molecule has 0 heterocycles. The molecule has 3 atom stereocenters. The zero-order valence-electron chi connectivity index (χ0n) is 40.6. The van der Waals surface area contributed by atoms with Gasteiger partial charge < -0.3 is 28.8 Å². The van der Waals surface area contributed by atoms with Crippen molar-refractivity contribution in [1.82, 2.24) is 5.32 Å². The normalized spacial score (nSPS) is 14.5. The second-order valence-electron chi connectivity index (χ2n) is 18.5. The Morgan fingerprint density at radius 3 is 1.41 bits per heavy atom. The fourth-order valence-electron chi connectivity index (χ4n) is 7.25. The zero-order valence-corrected chi connectivity index (χ0v) is 41.5. The number of amides is 1. The predicted molar refractivity (Wildman–Crippen MR) is 261 cm³/mol. The minimum Gasteiger partial charge on any atom is -0.756 e. The van der Waals surface area contributed by atoms with Crippen LogP contribution in [0.3, 0.4) is 0 Å². The minimum absolute atomic E-state index is 0.00933. The number of rotatable bonds is 46. The van der Waals surface area contributed by atoms with Crippen LogP contribution in [0.5, 0.6) is 0 Å². The Bertz CT molecular complexity index is 1130. The highest BCUT2D eigenvalue weighted by Crippen LogP contribution is 2.38. The molecule has 0 saturated carbocycles. The van der Waals surface area contributed by atoms with E-state index < -0.39 is 26.6 Å². The molecule has 0 aromatic heterocycles. The van der Waals surface area contributed by atoms with E-state index in [4.69, 9.17) is 9.05 Å². The molecule has 0 spiro atoms. The Balaban J connectivity index is 4.05. The number of hydrogen-bond donors (Lipinski definition) is 2. The quantitative estimate of drug-likeness (QED) is 0.0273. The van der Waals surface area contributed by atoms with Crippen LogP contribution in [0.2, 0.25) is 0 Å². The van der Waals surface area contributed by atoms with Gasteiger partial charge in [0, 0.05) is 6.42 Å². The molecule has 0 rings (SSSR count). The molecule has 358 valence electrons. The Labute approximate surface area is 378 Å². The first-order valence-electron chi connectivity index (χ1n) is 25.5. The van der Waals surface area contributed by atoms with Gasteiger partial charge in [0.1, 0.15) is 13.2 Å². The molecule has 0 aliphatic heterocycles. The highest BCUT2D eigenvalue weighted by atomic mass is 31.2. The second-order valence-corrected chi connectivity index (χ2v) is 19.9. The number of nitrogens with zero attached hydrogens (tertiary/aromatic N) is 1. The molecule has 0 radical (unpaired) electrons. The van der Waals surface area contributed by atoms with E-state index in [1.165, 1.54) is 154 Å². The third-order valence-corrected chi connectivity index (χ3v) is 12.2. The molecule has 3 unspecified atom stereocenters. The number of aliphatic hydroxyl groups excluding tert-OH is 1. The van der Waals surface area contributed by atoms with E-state index in [0.29, 0.717) is 17.4 Å². The monoisotopic (exact) mass is 879 g/mol. The van der Waals surface area contributed by atoms with Crippen LogP contribution < -0.4 is 10.2 Å². The summed E-state index contributed by atoms with van der Waals surface area (Å²) in [5.41, 5.74) is 0. The third-order valence-electron chi connectivity index (χ3n) is 11.3. The van der Waals surface area contributed by atoms with Crippen molar-refractivity contribution < 1.29 is 32.9 Å². The summed E-state index contributed by atoms with van der Waals surface area (Å²) in [6.07, 6.45) is 56.4. The smallest absolute Gasteiger partial charge is 0.268 e. The summed E-state index contributed by atoms with van der Waals surface area (Å²) >= 11 is 0. The number of allylic oxidation sites excluding steroid dienone is 7. The number of carbonyl (C=O) groups excluding carboxylic acids is 1. The van der Waals surface area contributed by atoms with Crippen LogP contribution in [0.15, 0.2) is 48.6 Å². The number of hydrogen-bond acceptors (Lipinski definition) is 6. The molecule has 0 aromatic carbocycles. The van der Waals surface area contributed by atoms with Gasteiger partial charge in [0.15, 0.2) is 0 Å². The van der Waals surface area contributed by atoms with E-state index >= 15 is 0 Å². The van der Waals surface area contributed by atoms with Crippen LogP contribution in [-0.4, -0.2) is 68.5 Å². The molecule has 0 aromatic rings. The average molecular weight is 879 g/mol. The van der Waals surface area contributed by atoms with E-state index in [0.717, 1.165) is 51.4 Å². The van der Waals surface area contributed by atoms with Crippen molar-refractivity contribution in [2.24, 2.45) is 0 Å². The maximum absolute atomic E-state index is 12.9. The van der Waals surface area contributed by atoms with Crippen molar-refractivity contribution in [3.8, 4) is 0 Å². The van der Waals surface area contributed by atoms with E-state index in [1.54, 1.807) is 6.08 Å². The van der Waals surface area contributed by atoms with Crippen molar-refractivity contribution in [1.29, 1.82) is 0 Å². The standard InChI is InChI=1S/C52H99N2O6P/c1-6-8-10-12-14-16-18-19-20-21-22-23-24-25-26-27-28-29-30-31-32-33-34-35-36-38-40-42-44-46-52(56)53-50(49-60-61(57,58)59-48-47-54(3,4)5)51(55)45-43-41-39-37-17-15-13-11-9-7-2/h9,11,17,21-22,37,43,45,50-51,55H,6-8,10,12-16,18-20,23-36,38-42,44,46-49H2,1-5H3,(H-,53,56,57,58)/b11-9+,22-21-,37-17+,45-43+. The highest BCUT2D eigenvalue weighted by Gasteiger charge is 2.23. The number of nitrogens with one attached hydrogen (secondary N) is 1. The highest BCUT2D eigenvalue weighted by molar-refractivity contribution is 7.45. The van der Waals surface area contributed by atoms with Gasteiger partial charge in [-0.1, -0.05) is 204 Å². The van der Waals surface area contributed by atoms with Gasteiger partial charge >= 0.3 is 0 Å². The number of phosphoric acid groups is 1. The second kappa shape index (κ2) is 43.7. The molecular formula is C52H99N2O6P. The molecule has 1 amide bonds. The Morgan fingerprint density at radius 1 is 0.574 bits per heavy atom. The molecule has 61 heavy (non-hydrogen) atoms. The summed E-state index contributed by atoms with van der Waals surface area (Å²) in [6, 6.07) is -0.907. The van der Waals surface area contributed by atoms with Crippen molar-refractivity contribution in [3.05, 3.63) is 48.6 Å². The fourth-order valence-corrected chi connectivity index (χ4v) is 7.97. The molecule has 8 nitrogen and oxygen atoms in total. The van der Waals surface area contributed by atoms with Gasteiger partial charge in [-0.05, 0) is 64.2 Å². The van der Waals surface area contributed by atoms with Gasteiger partial charge in [-0.2, -0.15) is 0 Å². The van der Waals surface area contributed by atoms with Gasteiger partial charge in [0.05, 0.1) is 39.9 Å². The molecule has 0 saturated heterocycles. The minimum atomic E-state index is -4.60. The van der Waals surface area contributed by atoms with E-state index in [9.17, 15) is 19.4 Å². The fraction of sp³-hybridized carbons (Fsp3) is 0.827. The molecule has 0 bridgehead atoms. The molecule has 0 aliphatic rings. The lowest BCUT2D eigenvalue weighted by atomic mass is 10.0. The molecule has 0 fully saturated rings. The van der Waals surface area contributed by atoms with Crippen molar-refractivity contribution in [2.75, 3.05) is 40.9 Å². The Hall–Kier alpha value is -1.54. The SMILES string of the molecule is CC/C=C/CC/C=C/CC/C=C/C(O)C(COP(=O)([O-])OCC[N+](C)(C)C)NC(=O)CCCCCCCCCCCCCCCCCCC/C=C\CCCCCCCCCC. The van der Waals surface area contributed by atoms with Crippen LogP contribution in [0.1, 0.15) is 226 Å². The third kappa shape index (κ3) is 46.3. The van der Waals surface area contributed by atoms with Gasteiger partial charge in [-0.25, -0.2) is 0 Å². The predicted octanol–water partition coefficient (Wildman–Crippen LogP) is 14.2. The van der Waals surface area contributed by atoms with Crippen molar-refractivity contribution >= 4 is 13.7 Å². The van der Waals surface area contributed by atoms with E-state index in [1.807, 2.05) is 27.2 Å². The molecular weight excluding hydrogens is 780 g/mol. The van der Waals surface area contributed by atoms with Crippen molar-refractivity contribution in [3.63, 3.8) is 0 Å². The van der Waals surface area contributed by atoms with Crippen LogP contribution in [0.4, 0.5) is 0 Å². The van der Waals surface area contributed by atoms with Crippen LogP contribution in [0, 0.1) is 0 Å². The van der Waals surface area contributed by atoms with Crippen LogP contribution >= 0.6 is 7.82 Å². The van der Waals surface area contributed by atoms with Gasteiger partial charge in [0.2, 0.25) is 5.91 Å². The Kier molecular flexibility index (Phi) is 42.6. The Morgan fingerprint density at radius 2 is 0.967 bits per heavy atom. The van der Waals surface area contributed by atoms with Crippen LogP contribution in [-0.2, 0) is 18.4 Å². The summed E-state index contributed by atoms with van der Waals surface area (Å²) in [7, 11) is 1.23. The van der Waals surface area contributed by atoms with E-state index in [2.05, 4.69) is 55.6 Å². The number of phosphoric ester groups is 1. The summed E-state index contributed by atoms with van der Waals surface area (Å²) < 4.78 is 23.2. The maximum Gasteiger partial charge on any atom is 0.268 e. The first-order chi connectivity index (χ1) is 29.5. The molecule has 0 aliphatic carbocycles. The van der Waals surface area contributed by atoms with Crippen molar-refractivity contribution in [2.45, 2.75) is 238 Å². The molecule has 2 N–H and O–H groups in total. The number of unbranched alkanes of at least 4 members (excludes halogenated alkanes) is 27. The lowest BCUT2D eigenvalue weighted by Gasteiger charge is -2.29. The largest absolute Gasteiger partial charge is 0.756 e. The van der Waals surface area contributed by atoms with E-state index in [-0.39, 0.29) is 12.5 Å². The van der Waals surface area contributed by atoms with Crippen LogP contribution in [0.25, 0.3) is 0 Å². The van der Waals surface area contributed by atoms with Gasteiger partial charge in [0.25, 0.3) is 7.82 Å². The number of likely N-dealkylation sites (N-methyl/N-ethyl adjacent to an activating group) is 1. The lowest BCUT2D eigenvalue weighted by Crippen LogP contribution is -2.45. The first-order valence-corrected chi connectivity index (χ1v) is 27.0. The van der Waals surface area contributed by atoms with Gasteiger partial charge in [-0.3, -0.25) is 9.36 Å². The number of carbonyl (C=O) groups is 1.